The number of anilines is 2. The summed E-state index contributed by atoms with van der Waals surface area (Å²) in [5.74, 6) is -7.37. The number of hydrogen-bond acceptors (Lipinski definition) is 30. The summed E-state index contributed by atoms with van der Waals surface area (Å²) in [6, 6.07) is 57.0. The monoisotopic (exact) mass is 1840 g/mol. The largest absolute Gasteiger partial charge is 0.476 e. The fourth-order valence-electron chi connectivity index (χ4n) is 12.2. The number of ether oxygens (including phenoxy) is 4. The molecule has 4 heterocycles. The van der Waals surface area contributed by atoms with Gasteiger partial charge in [0.2, 0.25) is 29.1 Å². The van der Waals surface area contributed by atoms with Crippen LogP contribution >= 0.6 is 22.7 Å². The van der Waals surface area contributed by atoms with Crippen molar-refractivity contribution in [3.8, 4) is 0 Å². The number of carboxylic acids is 1. The van der Waals surface area contributed by atoms with Crippen LogP contribution in [0.2, 0.25) is 0 Å². The first-order valence-electron chi connectivity index (χ1n) is 39.8. The molecule has 2 aliphatic heterocycles. The highest BCUT2D eigenvalue weighted by atomic mass is 32.2. The van der Waals surface area contributed by atoms with E-state index >= 15 is 0 Å². The number of benzene rings is 6. The number of Topliss-reactive ketones (excluding diaryl/α,β-unsaturated/α-hetero) is 1. The lowest BCUT2D eigenvalue weighted by molar-refractivity contribution is -0.180. The standard InChI is InChI=1S/C44H52N4O10S2.C32H33N3O5S.C11H20N2O6S.C2HF3O/c1-10-55-38(51)42(6,7)28-56-60(53,54)48-29(2)33(37(48)50)26-35(49)36(47-58-43(8,9)39(52)57-41(3,4)5)34-27-59-40(45-34)46-44(30-20-14-11-15-21-30,31-22-16-12-17-23-31)32-24-18-13-19-25-32;1-30(2,3)39-28(38)31(4,5)40-35-26(27(36)37)25-21-41-29(33-25)34-32(22-15-9-6-10-16-22,23-17-11-7-12-18-23)24-19-13-8-14-20-24;1-5-18-10(15)11(3,4)6-19-20(16,17)13-7(2)8(12)9(13)14;3-2(4,5)1-6/h11-25,27,29,33H,10,26,28H2,1-9H3,(H,45,46);6-21H,1-5H3,(H,33,34)(H,36,37);7-8H,5-6,12H2,1-4H3;1H/b47-36-;35-26-;;/t29-,33-;;7-,8-;/m0.0./s1. The highest BCUT2D eigenvalue weighted by Gasteiger charge is 2.54. The quantitative estimate of drug-likeness (QED) is 0.00553. The summed E-state index contributed by atoms with van der Waals surface area (Å²) >= 11 is 2.44. The van der Waals surface area contributed by atoms with Gasteiger partial charge in [0, 0.05) is 17.2 Å². The van der Waals surface area contributed by atoms with Gasteiger partial charge in [0.05, 0.1) is 55.3 Å². The number of β-lactam (4-membered cyclic amide) rings is 2. The number of amides is 2. The molecule has 2 saturated heterocycles. The number of aldehydes is 1. The minimum atomic E-state index is -4.64. The summed E-state index contributed by atoms with van der Waals surface area (Å²) in [5.41, 5.74) is 1.54. The lowest BCUT2D eigenvalue weighted by Gasteiger charge is -2.43. The molecular formula is C89H106F3N9O22S4. The van der Waals surface area contributed by atoms with Crippen LogP contribution in [0.1, 0.15) is 176 Å². The number of aliphatic carboxylic acids is 1. The number of alkyl halides is 3. The smallest absolute Gasteiger partial charge is 0.446 e. The Morgan fingerprint density at radius 3 is 1.05 bits per heavy atom. The number of hydrogen-bond donors (Lipinski definition) is 4. The molecule has 2 amide bonds. The second-order valence-corrected chi connectivity index (χ2v) is 37.9. The third-order valence-corrected chi connectivity index (χ3v) is 23.3. The Bertz CT molecular complexity index is 5250. The summed E-state index contributed by atoms with van der Waals surface area (Å²) < 4.78 is 113. The first-order valence-corrected chi connectivity index (χ1v) is 44.3. The molecule has 0 spiro atoms. The Morgan fingerprint density at radius 2 is 0.780 bits per heavy atom. The Morgan fingerprint density at radius 1 is 0.488 bits per heavy atom. The molecule has 0 radical (unpaired) electrons. The second-order valence-electron chi connectivity index (χ2n) is 33.2. The van der Waals surface area contributed by atoms with Crippen LogP contribution in [0.15, 0.2) is 203 Å². The van der Waals surface area contributed by atoms with E-state index in [0.29, 0.717) is 18.9 Å². The van der Waals surface area contributed by atoms with Crippen molar-refractivity contribution in [1.29, 1.82) is 0 Å². The molecule has 0 aliphatic carbocycles. The Balaban J connectivity index is 0.000000282. The molecular weight excluding hydrogens is 1730 g/mol. The summed E-state index contributed by atoms with van der Waals surface area (Å²) in [4.78, 5) is 130. The van der Waals surface area contributed by atoms with Gasteiger partial charge in [0.1, 0.15) is 39.7 Å². The molecule has 8 aromatic rings. The van der Waals surface area contributed by atoms with Crippen LogP contribution < -0.4 is 16.4 Å². The summed E-state index contributed by atoms with van der Waals surface area (Å²) in [6.07, 6.45) is -6.18. The van der Waals surface area contributed by atoms with Crippen molar-refractivity contribution in [1.82, 2.24) is 18.6 Å². The predicted octanol–water partition coefficient (Wildman–Crippen LogP) is 13.7. The van der Waals surface area contributed by atoms with Gasteiger partial charge in [-0.3, -0.25) is 37.1 Å². The van der Waals surface area contributed by atoms with E-state index in [1.807, 2.05) is 182 Å². The third kappa shape index (κ3) is 26.5. The molecule has 0 saturated carbocycles. The topological polar surface area (TPSA) is 423 Å². The number of oxime groups is 2. The van der Waals surface area contributed by atoms with Crippen LogP contribution in [0.4, 0.5) is 23.4 Å². The van der Waals surface area contributed by atoms with Crippen molar-refractivity contribution in [3.05, 3.63) is 238 Å². The highest BCUT2D eigenvalue weighted by Crippen LogP contribution is 2.44. The molecule has 31 nitrogen and oxygen atoms in total. The first-order chi connectivity index (χ1) is 59.2. The number of halogens is 3. The number of rotatable bonds is 34. The predicted molar refractivity (Wildman–Crippen MR) is 469 cm³/mol. The molecule has 0 unspecified atom stereocenters. The van der Waals surface area contributed by atoms with E-state index < -0.39 is 174 Å². The molecule has 2 fully saturated rings. The van der Waals surface area contributed by atoms with Crippen LogP contribution in [-0.2, 0) is 112 Å². The highest BCUT2D eigenvalue weighted by molar-refractivity contribution is 7.85. The lowest BCUT2D eigenvalue weighted by atomic mass is 9.77. The van der Waals surface area contributed by atoms with Gasteiger partial charge in [-0.1, -0.05) is 192 Å². The number of thiazole rings is 2. The number of aromatic nitrogens is 2. The lowest BCUT2D eigenvalue weighted by Crippen LogP contribution is -2.69. The zero-order valence-corrected chi connectivity index (χ0v) is 76.7. The number of ketones is 1. The SMILES string of the molecule is CC(C)(C)OC(=O)C(C)(C)O/N=C(\C(=O)O)c1csc(NC(c2ccccc2)(c2ccccc2)c2ccccc2)n1.CCOC(=O)C(C)(C)COS(=O)(=O)N1C(=O)[C@@H](CC(=O)/C(=N\OC(C)(C)C(=O)OC(C)(C)C)c2csc(NC(c3ccccc3)(c3ccccc3)c3ccccc3)n2)[C@@H]1C.CCOC(=O)C(C)(C)COS(=O)(=O)N1C(=O)[C@@H](N)[C@@H]1C.O=CC(F)(F)F. The molecule has 127 heavy (non-hydrogen) atoms. The second kappa shape index (κ2) is 42.3. The summed E-state index contributed by atoms with van der Waals surface area (Å²) in [7, 11) is -8.88. The van der Waals surface area contributed by atoms with E-state index in [0.717, 1.165) is 33.4 Å². The van der Waals surface area contributed by atoms with Crippen LogP contribution in [0.5, 0.6) is 0 Å². The maximum Gasteiger partial charge on any atom is 0.446 e. The third-order valence-electron chi connectivity index (χ3n) is 19.0. The van der Waals surface area contributed by atoms with E-state index in [1.54, 1.807) is 66.2 Å². The van der Waals surface area contributed by atoms with Crippen molar-refractivity contribution >= 4 is 119 Å². The van der Waals surface area contributed by atoms with Crippen LogP contribution in [0.25, 0.3) is 0 Å². The minimum absolute atomic E-state index is 0.0870. The maximum atomic E-state index is 14.3. The molecule has 10 rings (SSSR count). The summed E-state index contributed by atoms with van der Waals surface area (Å²) in [5, 5.41) is 29.3. The Labute approximate surface area is 744 Å². The fraction of sp³-hybridized carbons (Fsp3) is 0.404. The average Bonchev–Trinajstić information content (AvgIpc) is 0.990. The van der Waals surface area contributed by atoms with Crippen molar-refractivity contribution in [2.45, 2.75) is 189 Å². The van der Waals surface area contributed by atoms with Gasteiger partial charge in [-0.15, -0.1) is 22.7 Å². The van der Waals surface area contributed by atoms with Crippen molar-refractivity contribution in [2.24, 2.45) is 32.8 Å². The van der Waals surface area contributed by atoms with E-state index in [1.165, 1.54) is 91.9 Å². The van der Waals surface area contributed by atoms with E-state index in [2.05, 4.69) is 25.9 Å². The van der Waals surface area contributed by atoms with Gasteiger partial charge < -0.3 is 50.1 Å². The van der Waals surface area contributed by atoms with Crippen molar-refractivity contribution < 1.29 is 115 Å². The van der Waals surface area contributed by atoms with E-state index in [4.69, 9.17) is 52.5 Å². The van der Waals surface area contributed by atoms with Gasteiger partial charge >= 0.3 is 56.6 Å². The number of nitrogens with two attached hydrogens (primary N) is 1. The van der Waals surface area contributed by atoms with Gasteiger partial charge in [-0.25, -0.2) is 33.0 Å². The number of carbonyl (C=O) groups is 9. The van der Waals surface area contributed by atoms with Crippen LogP contribution in [-0.4, -0.2) is 179 Å². The van der Waals surface area contributed by atoms with Crippen molar-refractivity contribution in [3.63, 3.8) is 0 Å². The number of nitrogens with zero attached hydrogens (tertiary/aromatic N) is 6. The van der Waals surface area contributed by atoms with Gasteiger partial charge in [-0.2, -0.15) is 30.0 Å². The molecule has 684 valence electrons. The zero-order chi connectivity index (χ0) is 94.7. The molecule has 2 aromatic heterocycles. The fourth-order valence-corrected chi connectivity index (χ4v) is 16.6. The van der Waals surface area contributed by atoms with Gasteiger partial charge in [0.15, 0.2) is 21.8 Å². The average molecular weight is 1840 g/mol. The van der Waals surface area contributed by atoms with Crippen LogP contribution in [0, 0.1) is 16.7 Å². The summed E-state index contributed by atoms with van der Waals surface area (Å²) in [6.45, 7) is 27.6. The zero-order valence-electron chi connectivity index (χ0n) is 73.4. The Kier molecular flexibility index (Phi) is 34.1. The van der Waals surface area contributed by atoms with Gasteiger partial charge in [0.25, 0.3) is 5.91 Å². The minimum Gasteiger partial charge on any atom is -0.476 e. The molecule has 6 aromatic carbocycles. The van der Waals surface area contributed by atoms with E-state index in [9.17, 15) is 73.5 Å². The van der Waals surface area contributed by atoms with Crippen molar-refractivity contribution in [2.75, 3.05) is 37.1 Å². The van der Waals surface area contributed by atoms with Gasteiger partial charge in [-0.05, 0) is 158 Å². The number of esters is 4. The normalized spacial score (nSPS) is 16.0. The molecule has 2 aliphatic rings. The molecule has 5 N–H and O–H groups in total. The first kappa shape index (κ1) is 102. The number of carboxylic acid groups (broad SMARTS) is 1. The molecule has 0 bridgehead atoms. The molecule has 38 heteroatoms. The Hall–Kier alpha value is -11.7. The molecule has 4 atom stereocenters. The van der Waals surface area contributed by atoms with E-state index in [-0.39, 0.29) is 30.3 Å². The number of nitrogens with one attached hydrogen (secondary N) is 2. The van der Waals surface area contributed by atoms with Crippen LogP contribution in [0.3, 0.4) is 0 Å². The maximum absolute atomic E-state index is 14.3. The number of carbonyl (C=O) groups excluding carboxylic acids is 8.